The monoisotopic (exact) mass is 290 g/mol. The van der Waals surface area contributed by atoms with Crippen molar-refractivity contribution in [2.45, 2.75) is 0 Å². The highest BCUT2D eigenvalue weighted by molar-refractivity contribution is 6.34. The summed E-state index contributed by atoms with van der Waals surface area (Å²) in [6.45, 7) is 1.72. The summed E-state index contributed by atoms with van der Waals surface area (Å²) in [7, 11) is 0. The van der Waals surface area contributed by atoms with E-state index in [-0.39, 0.29) is 0 Å². The summed E-state index contributed by atoms with van der Waals surface area (Å²) in [5.74, 6) is 0.931. The molecule has 0 amide bonds. The van der Waals surface area contributed by atoms with E-state index in [1.807, 2.05) is 42.5 Å². The molecule has 0 saturated carbocycles. The molecule has 19 heavy (non-hydrogen) atoms. The number of aliphatic imine (C=N–C) groups is 1. The summed E-state index contributed by atoms with van der Waals surface area (Å²) in [5, 5.41) is 4.68. The second kappa shape index (κ2) is 5.24. The number of nitrogens with zero attached hydrogens (tertiary/aromatic N) is 1. The molecule has 1 aliphatic heterocycles. The molecule has 0 bridgehead atoms. The molecule has 0 saturated heterocycles. The maximum Gasteiger partial charge on any atom is 0.128 e. The first-order chi connectivity index (χ1) is 9.24. The Kier molecular flexibility index (Phi) is 3.45. The van der Waals surface area contributed by atoms with E-state index in [0.717, 1.165) is 35.6 Å². The Bertz CT molecular complexity index is 650. The van der Waals surface area contributed by atoms with Crippen molar-refractivity contribution in [2.24, 2.45) is 4.99 Å². The first kappa shape index (κ1) is 12.5. The second-order valence-corrected chi connectivity index (χ2v) is 5.21. The molecule has 0 aliphatic carbocycles. The number of nitrogens with one attached hydrogen (secondary N) is 1. The van der Waals surface area contributed by atoms with E-state index < -0.39 is 0 Å². The average molecular weight is 291 g/mol. The van der Waals surface area contributed by atoms with E-state index in [9.17, 15) is 0 Å². The third-order valence-corrected chi connectivity index (χ3v) is 3.61. The third-order valence-electron chi connectivity index (χ3n) is 3.05. The first-order valence-electron chi connectivity index (χ1n) is 6.08. The molecule has 3 rings (SSSR count). The highest BCUT2D eigenvalue weighted by atomic mass is 35.5. The van der Waals surface area contributed by atoms with Crippen molar-refractivity contribution in [1.29, 1.82) is 0 Å². The fraction of sp³-hybridized carbons (Fsp3) is 0.133. The van der Waals surface area contributed by atoms with Crippen LogP contribution in [0.5, 0.6) is 0 Å². The molecular formula is C15H12Cl2N2. The summed E-state index contributed by atoms with van der Waals surface area (Å²) in [6.07, 6.45) is 0. The van der Waals surface area contributed by atoms with Gasteiger partial charge in [-0.25, -0.2) is 0 Å². The summed E-state index contributed by atoms with van der Waals surface area (Å²) in [6, 6.07) is 13.6. The van der Waals surface area contributed by atoms with E-state index in [1.54, 1.807) is 0 Å². The van der Waals surface area contributed by atoms with Gasteiger partial charge in [0.25, 0.3) is 0 Å². The molecule has 0 unspecified atom stereocenters. The van der Waals surface area contributed by atoms with Crippen molar-refractivity contribution in [3.63, 3.8) is 0 Å². The topological polar surface area (TPSA) is 24.4 Å². The lowest BCUT2D eigenvalue weighted by atomic mass is 10.0. The van der Waals surface area contributed by atoms with E-state index >= 15 is 0 Å². The van der Waals surface area contributed by atoms with Crippen molar-refractivity contribution in [3.8, 4) is 11.1 Å². The van der Waals surface area contributed by atoms with Crippen LogP contribution in [0.25, 0.3) is 11.1 Å². The Labute approximate surface area is 122 Å². The predicted molar refractivity (Wildman–Crippen MR) is 81.3 cm³/mol. The smallest absolute Gasteiger partial charge is 0.128 e. The van der Waals surface area contributed by atoms with Gasteiger partial charge in [0.1, 0.15) is 5.84 Å². The van der Waals surface area contributed by atoms with Crippen LogP contribution in [0.3, 0.4) is 0 Å². The number of hydrogen-bond donors (Lipinski definition) is 1. The molecular weight excluding hydrogens is 279 g/mol. The van der Waals surface area contributed by atoms with Crippen molar-refractivity contribution >= 4 is 29.0 Å². The van der Waals surface area contributed by atoms with E-state index in [1.165, 1.54) is 0 Å². The van der Waals surface area contributed by atoms with Crippen molar-refractivity contribution in [3.05, 3.63) is 58.1 Å². The van der Waals surface area contributed by atoms with Gasteiger partial charge in [0.05, 0.1) is 6.54 Å². The number of benzene rings is 2. The van der Waals surface area contributed by atoms with Crippen LogP contribution in [0.4, 0.5) is 0 Å². The Morgan fingerprint density at radius 2 is 1.89 bits per heavy atom. The lowest BCUT2D eigenvalue weighted by Crippen LogP contribution is -2.19. The third kappa shape index (κ3) is 2.60. The normalized spacial score (nSPS) is 14.1. The fourth-order valence-corrected chi connectivity index (χ4v) is 2.56. The molecule has 1 heterocycles. The molecule has 2 nitrogen and oxygen atoms in total. The van der Waals surface area contributed by atoms with Crippen LogP contribution < -0.4 is 5.32 Å². The molecule has 0 fully saturated rings. The minimum Gasteiger partial charge on any atom is -0.368 e. The van der Waals surface area contributed by atoms with Gasteiger partial charge in [-0.2, -0.15) is 0 Å². The first-order valence-corrected chi connectivity index (χ1v) is 6.84. The fourth-order valence-electron chi connectivity index (χ4n) is 2.14. The second-order valence-electron chi connectivity index (χ2n) is 4.36. The van der Waals surface area contributed by atoms with Crippen LogP contribution in [-0.2, 0) is 0 Å². The minimum absolute atomic E-state index is 0.704. The van der Waals surface area contributed by atoms with Crippen molar-refractivity contribution in [2.75, 3.05) is 13.1 Å². The quantitative estimate of drug-likeness (QED) is 0.888. The molecule has 96 valence electrons. The van der Waals surface area contributed by atoms with Gasteiger partial charge in [-0.05, 0) is 35.9 Å². The zero-order valence-corrected chi connectivity index (χ0v) is 11.7. The molecule has 2 aromatic carbocycles. The largest absolute Gasteiger partial charge is 0.368 e. The van der Waals surface area contributed by atoms with Gasteiger partial charge in [0.15, 0.2) is 0 Å². The summed E-state index contributed by atoms with van der Waals surface area (Å²) < 4.78 is 0. The number of hydrogen-bond acceptors (Lipinski definition) is 2. The van der Waals surface area contributed by atoms with Gasteiger partial charge in [-0.1, -0.05) is 35.3 Å². The molecule has 0 aromatic heterocycles. The number of amidine groups is 1. The van der Waals surface area contributed by atoms with Crippen LogP contribution in [0.1, 0.15) is 5.56 Å². The van der Waals surface area contributed by atoms with Gasteiger partial charge >= 0.3 is 0 Å². The lowest BCUT2D eigenvalue weighted by Gasteiger charge is -2.09. The van der Waals surface area contributed by atoms with Crippen molar-refractivity contribution in [1.82, 2.24) is 5.32 Å². The van der Waals surface area contributed by atoms with E-state index in [0.29, 0.717) is 10.0 Å². The molecule has 0 spiro atoms. The Morgan fingerprint density at radius 1 is 1.00 bits per heavy atom. The van der Waals surface area contributed by atoms with Gasteiger partial charge in [0, 0.05) is 27.7 Å². The lowest BCUT2D eigenvalue weighted by molar-refractivity contribution is 0.960. The molecule has 4 heteroatoms. The molecule has 0 radical (unpaired) electrons. The van der Waals surface area contributed by atoms with Crippen LogP contribution in [0.2, 0.25) is 10.0 Å². The van der Waals surface area contributed by atoms with Crippen LogP contribution in [-0.4, -0.2) is 18.9 Å². The zero-order chi connectivity index (χ0) is 13.2. The highest BCUT2D eigenvalue weighted by Gasteiger charge is 2.11. The average Bonchev–Trinajstić information content (AvgIpc) is 2.93. The van der Waals surface area contributed by atoms with Gasteiger partial charge in [-0.15, -0.1) is 0 Å². The van der Waals surface area contributed by atoms with Gasteiger partial charge < -0.3 is 5.32 Å². The SMILES string of the molecule is Clc1cccc(-c2cc(C3=NCCN3)ccc2Cl)c1. The molecule has 0 atom stereocenters. The van der Waals surface area contributed by atoms with Crippen LogP contribution in [0, 0.1) is 0 Å². The number of halogens is 2. The standard InChI is InChI=1S/C15H12Cl2N2/c16-12-3-1-2-10(8-12)13-9-11(4-5-14(13)17)15-18-6-7-19-15/h1-5,8-9H,6-7H2,(H,18,19). The zero-order valence-electron chi connectivity index (χ0n) is 10.2. The molecule has 1 aliphatic rings. The maximum atomic E-state index is 6.29. The maximum absolute atomic E-state index is 6.29. The van der Waals surface area contributed by atoms with Crippen LogP contribution >= 0.6 is 23.2 Å². The molecule has 2 aromatic rings. The summed E-state index contributed by atoms with van der Waals surface area (Å²) >= 11 is 12.3. The highest BCUT2D eigenvalue weighted by Crippen LogP contribution is 2.30. The van der Waals surface area contributed by atoms with Gasteiger partial charge in [0.2, 0.25) is 0 Å². The van der Waals surface area contributed by atoms with E-state index in [4.69, 9.17) is 23.2 Å². The Morgan fingerprint density at radius 3 is 2.63 bits per heavy atom. The number of rotatable bonds is 2. The van der Waals surface area contributed by atoms with Gasteiger partial charge in [-0.3, -0.25) is 4.99 Å². The van der Waals surface area contributed by atoms with Crippen molar-refractivity contribution < 1.29 is 0 Å². The van der Waals surface area contributed by atoms with E-state index in [2.05, 4.69) is 10.3 Å². The summed E-state index contributed by atoms with van der Waals surface area (Å²) in [4.78, 5) is 4.42. The molecule has 1 N–H and O–H groups in total. The summed E-state index contributed by atoms with van der Waals surface area (Å²) in [5.41, 5.74) is 3.04. The Balaban J connectivity index is 2.07. The van der Waals surface area contributed by atoms with Crippen LogP contribution in [0.15, 0.2) is 47.5 Å². The Hall–Kier alpha value is -1.51. The minimum atomic E-state index is 0.704. The predicted octanol–water partition coefficient (Wildman–Crippen LogP) is 4.01.